The van der Waals surface area contributed by atoms with Crippen molar-refractivity contribution >= 4 is 41.1 Å². The molecule has 0 saturated carbocycles. The molecule has 2 aliphatic rings. The van der Waals surface area contributed by atoms with Gasteiger partial charge >= 0.3 is 12.1 Å². The third kappa shape index (κ3) is 4.26. The number of thiazole rings is 1. The third-order valence-corrected chi connectivity index (χ3v) is 7.79. The minimum atomic E-state index is -1.02. The Morgan fingerprint density at radius 1 is 1.09 bits per heavy atom. The summed E-state index contributed by atoms with van der Waals surface area (Å²) in [6.07, 6.45) is -0.563. The molecule has 3 aromatic rings. The predicted octanol–water partition coefficient (Wildman–Crippen LogP) is 3.78. The number of carbonyl (C=O) groups is 3. The number of hydrogen-bond acceptors (Lipinski definition) is 7. The molecular formula is C24H21N3O5S2. The number of carbonyl (C=O) groups excluding carboxylic acids is 2. The van der Waals surface area contributed by atoms with Crippen LogP contribution in [-0.2, 0) is 16.1 Å². The number of nitrogens with one attached hydrogen (secondary N) is 1. The summed E-state index contributed by atoms with van der Waals surface area (Å²) in [4.78, 5) is 41.9. The number of fused-ring (bicyclic) bond motifs is 3. The van der Waals surface area contributed by atoms with Gasteiger partial charge in [-0.3, -0.25) is 4.79 Å². The number of benzene rings is 2. The predicted molar refractivity (Wildman–Crippen MR) is 129 cm³/mol. The van der Waals surface area contributed by atoms with Gasteiger partial charge in [-0.25, -0.2) is 14.6 Å². The Hall–Kier alpha value is -3.37. The summed E-state index contributed by atoms with van der Waals surface area (Å²) < 4.78 is 5.52. The van der Waals surface area contributed by atoms with Gasteiger partial charge < -0.3 is 20.1 Å². The molecule has 5 rings (SSSR count). The Kier molecular flexibility index (Phi) is 6.25. The van der Waals surface area contributed by atoms with Gasteiger partial charge in [0.25, 0.3) is 5.91 Å². The first kappa shape index (κ1) is 22.4. The van der Waals surface area contributed by atoms with Gasteiger partial charge in [-0.1, -0.05) is 48.5 Å². The van der Waals surface area contributed by atoms with Crippen molar-refractivity contribution in [1.29, 1.82) is 0 Å². The highest BCUT2D eigenvalue weighted by Gasteiger charge is 2.36. The number of aliphatic carboxylic acids is 1. The van der Waals surface area contributed by atoms with E-state index >= 15 is 0 Å². The zero-order valence-corrected chi connectivity index (χ0v) is 19.6. The molecule has 2 amide bonds. The zero-order valence-electron chi connectivity index (χ0n) is 18.0. The number of amides is 2. The third-order valence-electron chi connectivity index (χ3n) is 5.93. The first-order valence-corrected chi connectivity index (χ1v) is 12.7. The number of ether oxygens (including phenoxy) is 1. The van der Waals surface area contributed by atoms with Crippen molar-refractivity contribution in [2.75, 3.05) is 18.2 Å². The monoisotopic (exact) mass is 495 g/mol. The molecule has 0 radical (unpaired) electrons. The number of aromatic nitrogens is 1. The Bertz CT molecular complexity index is 1220. The molecule has 2 N–H and O–H groups in total. The maximum atomic E-state index is 12.6. The van der Waals surface area contributed by atoms with Crippen molar-refractivity contribution in [1.82, 2.24) is 15.2 Å². The highest BCUT2D eigenvalue weighted by Crippen LogP contribution is 2.44. The summed E-state index contributed by atoms with van der Waals surface area (Å²) in [6, 6.07) is 15.4. The van der Waals surface area contributed by atoms with E-state index in [-0.39, 0.29) is 24.8 Å². The van der Waals surface area contributed by atoms with Gasteiger partial charge in [0.1, 0.15) is 23.4 Å². The number of alkyl carbamates (subject to hydrolysis) is 1. The van der Waals surface area contributed by atoms with Gasteiger partial charge in [-0.05, 0) is 22.3 Å². The van der Waals surface area contributed by atoms with Crippen LogP contribution in [0.1, 0.15) is 32.5 Å². The van der Waals surface area contributed by atoms with Gasteiger partial charge in [0.05, 0.1) is 12.4 Å². The summed E-state index contributed by atoms with van der Waals surface area (Å²) in [6.45, 7) is 0.330. The van der Waals surface area contributed by atoms with E-state index in [9.17, 15) is 19.5 Å². The van der Waals surface area contributed by atoms with E-state index in [0.29, 0.717) is 16.6 Å². The Morgan fingerprint density at radius 3 is 2.44 bits per heavy atom. The van der Waals surface area contributed by atoms with E-state index in [0.717, 1.165) is 22.3 Å². The Morgan fingerprint density at radius 2 is 1.76 bits per heavy atom. The van der Waals surface area contributed by atoms with Crippen molar-refractivity contribution < 1.29 is 24.2 Å². The van der Waals surface area contributed by atoms with Crippen LogP contribution < -0.4 is 5.32 Å². The molecule has 1 aliphatic heterocycles. The summed E-state index contributed by atoms with van der Waals surface area (Å²) in [7, 11) is 0. The van der Waals surface area contributed by atoms with E-state index in [4.69, 9.17) is 4.74 Å². The summed E-state index contributed by atoms with van der Waals surface area (Å²) in [5.41, 5.74) is 4.78. The van der Waals surface area contributed by atoms with E-state index in [2.05, 4.69) is 34.6 Å². The quantitative estimate of drug-likeness (QED) is 0.536. The van der Waals surface area contributed by atoms with Crippen molar-refractivity contribution in [2.24, 2.45) is 0 Å². The number of carboxylic acid groups (broad SMARTS) is 1. The first-order chi connectivity index (χ1) is 16.5. The van der Waals surface area contributed by atoms with Crippen LogP contribution in [0.2, 0.25) is 0 Å². The molecule has 2 aromatic carbocycles. The summed E-state index contributed by atoms with van der Waals surface area (Å²) in [5.74, 6) is -0.781. The second kappa shape index (κ2) is 9.47. The van der Waals surface area contributed by atoms with Crippen LogP contribution in [0.4, 0.5) is 4.79 Å². The van der Waals surface area contributed by atoms with Gasteiger partial charge in [-0.2, -0.15) is 0 Å². The number of rotatable bonds is 6. The largest absolute Gasteiger partial charge is 0.480 e. The fourth-order valence-electron chi connectivity index (χ4n) is 4.28. The SMILES string of the molecule is O=C(NCc1nc(C(=O)N2CSC[C@H]2C(=O)O)cs1)OCC1c2ccccc2-c2ccccc21. The minimum Gasteiger partial charge on any atom is -0.480 e. The van der Waals surface area contributed by atoms with Gasteiger partial charge in [0.2, 0.25) is 0 Å². The molecule has 0 spiro atoms. The van der Waals surface area contributed by atoms with Crippen LogP contribution in [0.5, 0.6) is 0 Å². The number of nitrogens with zero attached hydrogens (tertiary/aromatic N) is 2. The van der Waals surface area contributed by atoms with E-state index in [1.807, 2.05) is 24.3 Å². The second-order valence-corrected chi connectivity index (χ2v) is 9.88. The second-order valence-electron chi connectivity index (χ2n) is 7.93. The van der Waals surface area contributed by atoms with Crippen LogP contribution in [0.15, 0.2) is 53.9 Å². The average molecular weight is 496 g/mol. The zero-order chi connectivity index (χ0) is 23.7. The molecule has 8 nitrogen and oxygen atoms in total. The van der Waals surface area contributed by atoms with Crippen molar-refractivity contribution in [3.05, 3.63) is 75.7 Å². The van der Waals surface area contributed by atoms with Crippen molar-refractivity contribution in [3.8, 4) is 11.1 Å². The smallest absolute Gasteiger partial charge is 0.407 e. The van der Waals surface area contributed by atoms with E-state index in [1.165, 1.54) is 28.0 Å². The van der Waals surface area contributed by atoms with Crippen LogP contribution in [-0.4, -0.2) is 57.2 Å². The molecule has 0 bridgehead atoms. The first-order valence-electron chi connectivity index (χ1n) is 10.7. The standard InChI is InChI=1S/C24H21N3O5S2/c28-22(27-13-33-12-20(27)23(29)30)19-11-34-21(26-19)9-25-24(31)32-10-18-16-7-3-1-5-14(16)15-6-2-4-8-17(15)18/h1-8,11,18,20H,9-10,12-13H2,(H,25,31)(H,29,30)/t20-/m0/s1. The van der Waals surface area contributed by atoms with Crippen LogP contribution in [0.3, 0.4) is 0 Å². The van der Waals surface area contributed by atoms with E-state index < -0.39 is 24.0 Å². The summed E-state index contributed by atoms with van der Waals surface area (Å²) in [5, 5.41) is 14.1. The van der Waals surface area contributed by atoms with E-state index in [1.54, 1.807) is 5.38 Å². The number of carboxylic acids is 1. The molecule has 174 valence electrons. The van der Waals surface area contributed by atoms with Gasteiger partial charge in [0, 0.05) is 17.1 Å². The lowest BCUT2D eigenvalue weighted by atomic mass is 9.98. The molecular weight excluding hydrogens is 474 g/mol. The molecule has 10 heteroatoms. The van der Waals surface area contributed by atoms with Gasteiger partial charge in [0.15, 0.2) is 0 Å². The average Bonchev–Trinajstić information content (AvgIpc) is 3.59. The molecule has 1 aliphatic carbocycles. The lowest BCUT2D eigenvalue weighted by molar-refractivity contribution is -0.140. The minimum absolute atomic E-state index is 0.0252. The Balaban J connectivity index is 1.17. The topological polar surface area (TPSA) is 109 Å². The molecule has 1 aromatic heterocycles. The molecule has 1 saturated heterocycles. The molecule has 2 heterocycles. The Labute approximate surface area is 204 Å². The highest BCUT2D eigenvalue weighted by molar-refractivity contribution is 7.99. The van der Waals surface area contributed by atoms with Crippen molar-refractivity contribution in [3.63, 3.8) is 0 Å². The molecule has 34 heavy (non-hydrogen) atoms. The maximum absolute atomic E-state index is 12.6. The fourth-order valence-corrected chi connectivity index (χ4v) is 6.13. The maximum Gasteiger partial charge on any atom is 0.407 e. The van der Waals surface area contributed by atoms with Crippen molar-refractivity contribution in [2.45, 2.75) is 18.5 Å². The van der Waals surface area contributed by atoms with Crippen LogP contribution >= 0.6 is 23.1 Å². The lowest BCUT2D eigenvalue weighted by Crippen LogP contribution is -2.41. The lowest BCUT2D eigenvalue weighted by Gasteiger charge is -2.19. The number of hydrogen-bond donors (Lipinski definition) is 2. The van der Waals surface area contributed by atoms with Crippen LogP contribution in [0, 0.1) is 0 Å². The van der Waals surface area contributed by atoms with Crippen LogP contribution in [0.25, 0.3) is 11.1 Å². The highest BCUT2D eigenvalue weighted by atomic mass is 32.2. The molecule has 1 fully saturated rings. The normalized spacial score (nSPS) is 16.7. The fraction of sp³-hybridized carbons (Fsp3) is 0.250. The summed E-state index contributed by atoms with van der Waals surface area (Å²) >= 11 is 2.63. The number of thioether (sulfide) groups is 1. The molecule has 1 atom stereocenters. The molecule has 0 unspecified atom stereocenters. The van der Waals surface area contributed by atoms with Gasteiger partial charge in [-0.15, -0.1) is 23.1 Å².